The molecular formula is C16H28N2. The zero-order valence-electron chi connectivity index (χ0n) is 12.7. The first-order valence-corrected chi connectivity index (χ1v) is 6.96. The molecule has 1 N–H and O–H groups in total. The number of hydrogen-bond donors (Lipinski definition) is 1. The molecule has 0 saturated carbocycles. The summed E-state index contributed by atoms with van der Waals surface area (Å²) in [6, 6.07) is 7.29. The molecule has 102 valence electrons. The summed E-state index contributed by atoms with van der Waals surface area (Å²) in [4.78, 5) is 2.35. The lowest BCUT2D eigenvalue weighted by atomic mass is 10.0. The molecule has 0 amide bonds. The molecule has 1 atom stereocenters. The van der Waals surface area contributed by atoms with Crippen LogP contribution in [0.15, 0.2) is 18.2 Å². The summed E-state index contributed by atoms with van der Waals surface area (Å²) in [7, 11) is 2.18. The van der Waals surface area contributed by atoms with Crippen LogP contribution in [-0.2, 0) is 0 Å². The molecule has 0 radical (unpaired) electrons. The first kappa shape index (κ1) is 15.0. The molecule has 2 nitrogen and oxygen atoms in total. The molecule has 2 heteroatoms. The van der Waals surface area contributed by atoms with Gasteiger partial charge in [-0.05, 0) is 49.6 Å². The number of nitrogens with zero attached hydrogens (tertiary/aromatic N) is 1. The summed E-state index contributed by atoms with van der Waals surface area (Å²) in [6.45, 7) is 13.1. The SMILES string of the molecule is CCNC(CN(C)c1cc(C)cc(C)c1)C(C)C. The standard InChI is InChI=1S/C16H28N2/c1-7-17-16(12(2)3)11-18(6)15-9-13(4)8-14(5)10-15/h8-10,12,16-17H,7,11H2,1-6H3. The van der Waals surface area contributed by atoms with Crippen molar-refractivity contribution in [2.75, 3.05) is 25.0 Å². The average Bonchev–Trinajstić information content (AvgIpc) is 2.26. The van der Waals surface area contributed by atoms with Gasteiger partial charge in [0.05, 0.1) is 0 Å². The molecule has 0 spiro atoms. The number of hydrogen-bond acceptors (Lipinski definition) is 2. The minimum absolute atomic E-state index is 0.542. The van der Waals surface area contributed by atoms with E-state index in [1.54, 1.807) is 0 Å². The van der Waals surface area contributed by atoms with Gasteiger partial charge in [0.2, 0.25) is 0 Å². The lowest BCUT2D eigenvalue weighted by Crippen LogP contribution is -2.43. The quantitative estimate of drug-likeness (QED) is 0.830. The summed E-state index contributed by atoms with van der Waals surface area (Å²) in [5.41, 5.74) is 3.99. The van der Waals surface area contributed by atoms with Crippen LogP contribution in [0.25, 0.3) is 0 Å². The van der Waals surface area contributed by atoms with Crippen LogP contribution in [0.4, 0.5) is 5.69 Å². The Labute approximate surface area is 112 Å². The molecule has 0 fully saturated rings. The fourth-order valence-electron chi connectivity index (χ4n) is 2.34. The third kappa shape index (κ3) is 4.34. The van der Waals surface area contributed by atoms with E-state index in [-0.39, 0.29) is 0 Å². The summed E-state index contributed by atoms with van der Waals surface area (Å²) >= 11 is 0. The summed E-state index contributed by atoms with van der Waals surface area (Å²) in [6.07, 6.45) is 0. The smallest absolute Gasteiger partial charge is 0.0369 e. The van der Waals surface area contributed by atoms with Crippen LogP contribution in [0.5, 0.6) is 0 Å². The van der Waals surface area contributed by atoms with Gasteiger partial charge < -0.3 is 10.2 Å². The number of likely N-dealkylation sites (N-methyl/N-ethyl adjacent to an activating group) is 2. The van der Waals surface area contributed by atoms with E-state index in [9.17, 15) is 0 Å². The van der Waals surface area contributed by atoms with E-state index in [2.05, 4.69) is 70.1 Å². The Bertz CT molecular complexity index is 351. The van der Waals surface area contributed by atoms with E-state index in [1.807, 2.05) is 0 Å². The second-order valence-electron chi connectivity index (χ2n) is 5.63. The Kier molecular flexibility index (Phi) is 5.67. The molecule has 0 aliphatic carbocycles. The molecule has 1 unspecified atom stereocenters. The second kappa shape index (κ2) is 6.79. The number of anilines is 1. The number of aryl methyl sites for hydroxylation is 2. The molecule has 0 bridgehead atoms. The highest BCUT2D eigenvalue weighted by Gasteiger charge is 2.14. The molecule has 0 aromatic heterocycles. The van der Waals surface area contributed by atoms with Crippen LogP contribution in [0, 0.1) is 19.8 Å². The summed E-state index contributed by atoms with van der Waals surface area (Å²) in [5, 5.41) is 3.57. The van der Waals surface area contributed by atoms with Crippen molar-refractivity contribution in [3.63, 3.8) is 0 Å². The maximum atomic E-state index is 3.57. The topological polar surface area (TPSA) is 15.3 Å². The van der Waals surface area contributed by atoms with E-state index in [4.69, 9.17) is 0 Å². The van der Waals surface area contributed by atoms with Crippen molar-refractivity contribution < 1.29 is 0 Å². The minimum atomic E-state index is 0.542. The zero-order valence-corrected chi connectivity index (χ0v) is 12.7. The van der Waals surface area contributed by atoms with Gasteiger partial charge in [-0.2, -0.15) is 0 Å². The van der Waals surface area contributed by atoms with Gasteiger partial charge in [-0.3, -0.25) is 0 Å². The van der Waals surface area contributed by atoms with Gasteiger partial charge in [0.15, 0.2) is 0 Å². The van der Waals surface area contributed by atoms with Crippen molar-refractivity contribution in [1.29, 1.82) is 0 Å². The molecule has 1 aromatic rings. The van der Waals surface area contributed by atoms with Crippen LogP contribution < -0.4 is 10.2 Å². The minimum Gasteiger partial charge on any atom is -0.373 e. The van der Waals surface area contributed by atoms with Crippen LogP contribution in [-0.4, -0.2) is 26.2 Å². The fraction of sp³-hybridized carbons (Fsp3) is 0.625. The van der Waals surface area contributed by atoms with E-state index in [0.29, 0.717) is 12.0 Å². The average molecular weight is 248 g/mol. The van der Waals surface area contributed by atoms with Crippen molar-refractivity contribution in [2.45, 2.75) is 40.7 Å². The predicted octanol–water partition coefficient (Wildman–Crippen LogP) is 3.37. The molecule has 0 heterocycles. The Hall–Kier alpha value is -1.02. The second-order valence-corrected chi connectivity index (χ2v) is 5.63. The maximum Gasteiger partial charge on any atom is 0.0369 e. The molecular weight excluding hydrogens is 220 g/mol. The Morgan fingerprint density at radius 1 is 1.11 bits per heavy atom. The molecule has 0 aliphatic heterocycles. The van der Waals surface area contributed by atoms with E-state index < -0.39 is 0 Å². The van der Waals surface area contributed by atoms with E-state index >= 15 is 0 Å². The van der Waals surface area contributed by atoms with Gasteiger partial charge in [-0.25, -0.2) is 0 Å². The third-order valence-corrected chi connectivity index (χ3v) is 3.39. The number of benzene rings is 1. The van der Waals surface area contributed by atoms with Gasteiger partial charge in [0.1, 0.15) is 0 Å². The molecule has 18 heavy (non-hydrogen) atoms. The van der Waals surface area contributed by atoms with Crippen LogP contribution >= 0.6 is 0 Å². The van der Waals surface area contributed by atoms with Crippen molar-refractivity contribution in [2.24, 2.45) is 5.92 Å². The zero-order chi connectivity index (χ0) is 13.7. The van der Waals surface area contributed by atoms with Crippen LogP contribution in [0.2, 0.25) is 0 Å². The normalized spacial score (nSPS) is 12.8. The molecule has 0 aliphatic rings. The van der Waals surface area contributed by atoms with Crippen LogP contribution in [0.3, 0.4) is 0 Å². The van der Waals surface area contributed by atoms with E-state index in [1.165, 1.54) is 16.8 Å². The van der Waals surface area contributed by atoms with E-state index in [0.717, 1.165) is 13.1 Å². The largest absolute Gasteiger partial charge is 0.373 e. The Balaban J connectivity index is 2.76. The van der Waals surface area contributed by atoms with Crippen molar-refractivity contribution in [3.8, 4) is 0 Å². The highest BCUT2D eigenvalue weighted by molar-refractivity contribution is 5.50. The van der Waals surface area contributed by atoms with Gasteiger partial charge in [0.25, 0.3) is 0 Å². The number of nitrogens with one attached hydrogen (secondary N) is 1. The Morgan fingerprint density at radius 2 is 1.67 bits per heavy atom. The monoisotopic (exact) mass is 248 g/mol. The Morgan fingerprint density at radius 3 is 2.11 bits per heavy atom. The molecule has 0 saturated heterocycles. The lowest BCUT2D eigenvalue weighted by molar-refractivity contribution is 0.410. The van der Waals surface area contributed by atoms with Gasteiger partial charge >= 0.3 is 0 Å². The lowest BCUT2D eigenvalue weighted by Gasteiger charge is -2.29. The predicted molar refractivity (Wildman–Crippen MR) is 81.5 cm³/mol. The molecule has 1 rings (SSSR count). The van der Waals surface area contributed by atoms with Gasteiger partial charge in [-0.1, -0.05) is 26.8 Å². The van der Waals surface area contributed by atoms with Crippen molar-refractivity contribution >= 4 is 5.69 Å². The van der Waals surface area contributed by atoms with Crippen molar-refractivity contribution in [1.82, 2.24) is 5.32 Å². The maximum absolute atomic E-state index is 3.57. The summed E-state index contributed by atoms with van der Waals surface area (Å²) in [5.74, 6) is 0.651. The van der Waals surface area contributed by atoms with Gasteiger partial charge in [0, 0.05) is 25.3 Å². The highest BCUT2D eigenvalue weighted by Crippen LogP contribution is 2.18. The molecule has 1 aromatic carbocycles. The fourth-order valence-corrected chi connectivity index (χ4v) is 2.34. The first-order chi connectivity index (χ1) is 8.43. The number of rotatable bonds is 6. The van der Waals surface area contributed by atoms with Crippen LogP contribution in [0.1, 0.15) is 31.9 Å². The third-order valence-electron chi connectivity index (χ3n) is 3.39. The summed E-state index contributed by atoms with van der Waals surface area (Å²) < 4.78 is 0. The first-order valence-electron chi connectivity index (χ1n) is 6.96. The highest BCUT2D eigenvalue weighted by atomic mass is 15.1. The van der Waals surface area contributed by atoms with Crippen molar-refractivity contribution in [3.05, 3.63) is 29.3 Å². The van der Waals surface area contributed by atoms with Gasteiger partial charge in [-0.15, -0.1) is 0 Å².